The van der Waals surface area contributed by atoms with E-state index in [1.807, 2.05) is 30.3 Å². The Morgan fingerprint density at radius 3 is 2.61 bits per heavy atom. The van der Waals surface area contributed by atoms with Gasteiger partial charge in [-0.25, -0.2) is 0 Å². The highest BCUT2D eigenvalue weighted by atomic mass is 16.5. The van der Waals surface area contributed by atoms with Gasteiger partial charge in [0.05, 0.1) is 19.1 Å². The molecule has 1 N–H and O–H groups in total. The van der Waals surface area contributed by atoms with Crippen LogP contribution in [0.4, 0.5) is 0 Å². The van der Waals surface area contributed by atoms with Gasteiger partial charge in [-0.2, -0.15) is 0 Å². The van der Waals surface area contributed by atoms with Gasteiger partial charge in [0.1, 0.15) is 28.9 Å². The summed E-state index contributed by atoms with van der Waals surface area (Å²) in [6, 6.07) is 9.29. The number of aromatic hydroxyl groups is 1. The topological polar surface area (TPSA) is 72.8 Å². The lowest BCUT2D eigenvalue weighted by molar-refractivity contribution is 0.0841. The number of rotatable bonds is 3. The molecule has 0 saturated carbocycles. The second kappa shape index (κ2) is 5.76. The molecule has 5 heteroatoms. The van der Waals surface area contributed by atoms with E-state index in [-0.39, 0.29) is 40.6 Å². The van der Waals surface area contributed by atoms with Gasteiger partial charge < -0.3 is 14.6 Å². The van der Waals surface area contributed by atoms with E-state index in [0.29, 0.717) is 11.8 Å². The summed E-state index contributed by atoms with van der Waals surface area (Å²) in [5, 5.41) is 10.2. The number of phenolic OH excluding ortho intramolecular Hbond substituents is 1. The molecule has 0 aliphatic carbocycles. The third-order valence-electron chi connectivity index (χ3n) is 4.05. The molecule has 0 amide bonds. The maximum atomic E-state index is 12.6. The average molecular weight is 312 g/mol. The summed E-state index contributed by atoms with van der Waals surface area (Å²) in [7, 11) is 1.42. The molecule has 5 nitrogen and oxygen atoms in total. The molecule has 3 rings (SSSR count). The Morgan fingerprint density at radius 1 is 1.30 bits per heavy atom. The van der Waals surface area contributed by atoms with E-state index in [1.54, 1.807) is 6.92 Å². The van der Waals surface area contributed by atoms with Gasteiger partial charge >= 0.3 is 0 Å². The Balaban J connectivity index is 2.19. The Morgan fingerprint density at radius 2 is 2.00 bits per heavy atom. The Hall–Kier alpha value is -2.82. The second-order valence-electron chi connectivity index (χ2n) is 5.39. The number of fused-ring (bicyclic) bond motifs is 1. The number of ether oxygens (including phenoxy) is 2. The van der Waals surface area contributed by atoms with Gasteiger partial charge in [0.2, 0.25) is 0 Å². The molecule has 0 radical (unpaired) electrons. The number of aldehydes is 1. The van der Waals surface area contributed by atoms with Crippen LogP contribution in [0.1, 0.15) is 44.4 Å². The molecule has 1 aliphatic heterocycles. The summed E-state index contributed by atoms with van der Waals surface area (Å²) in [6.07, 6.45) is 0.152. The highest BCUT2D eigenvalue weighted by Crippen LogP contribution is 2.47. The molecule has 118 valence electrons. The van der Waals surface area contributed by atoms with Crippen LogP contribution < -0.4 is 9.47 Å². The monoisotopic (exact) mass is 312 g/mol. The van der Waals surface area contributed by atoms with Crippen molar-refractivity contribution < 1.29 is 24.2 Å². The van der Waals surface area contributed by atoms with Gasteiger partial charge in [-0.15, -0.1) is 0 Å². The van der Waals surface area contributed by atoms with Crippen LogP contribution >= 0.6 is 0 Å². The molecule has 0 aromatic heterocycles. The van der Waals surface area contributed by atoms with Crippen molar-refractivity contribution in [3.05, 3.63) is 52.6 Å². The molecule has 0 spiro atoms. The van der Waals surface area contributed by atoms with Crippen molar-refractivity contribution in [2.45, 2.75) is 19.4 Å². The van der Waals surface area contributed by atoms with Crippen LogP contribution in [0.5, 0.6) is 17.2 Å². The fourth-order valence-electron chi connectivity index (χ4n) is 2.89. The van der Waals surface area contributed by atoms with Crippen molar-refractivity contribution in [1.82, 2.24) is 0 Å². The molecule has 23 heavy (non-hydrogen) atoms. The lowest BCUT2D eigenvalue weighted by Gasteiger charge is -2.28. The highest BCUT2D eigenvalue weighted by Gasteiger charge is 2.35. The Bertz CT molecular complexity index is 780. The van der Waals surface area contributed by atoms with Crippen LogP contribution in [0.2, 0.25) is 0 Å². The Kier molecular flexibility index (Phi) is 3.78. The predicted molar refractivity (Wildman–Crippen MR) is 83.5 cm³/mol. The number of benzene rings is 2. The normalized spacial score (nSPS) is 16.4. The fourth-order valence-corrected chi connectivity index (χ4v) is 2.89. The summed E-state index contributed by atoms with van der Waals surface area (Å²) in [5.74, 6) is -0.0649. The first kappa shape index (κ1) is 15.1. The molecule has 1 heterocycles. The Labute approximate surface area is 133 Å². The average Bonchev–Trinajstić information content (AvgIpc) is 2.57. The first-order valence-corrected chi connectivity index (χ1v) is 7.22. The molecule has 1 atom stereocenters. The van der Waals surface area contributed by atoms with Crippen LogP contribution in [0.25, 0.3) is 0 Å². The minimum absolute atomic E-state index is 0.0210. The first-order chi connectivity index (χ1) is 11.1. The number of hydrogen-bond acceptors (Lipinski definition) is 5. The van der Waals surface area contributed by atoms with Gasteiger partial charge in [0.25, 0.3) is 0 Å². The van der Waals surface area contributed by atoms with Crippen LogP contribution in [0, 0.1) is 6.92 Å². The number of carbonyl (C=O) groups excluding carboxylic acids is 2. The summed E-state index contributed by atoms with van der Waals surface area (Å²) < 4.78 is 11.2. The van der Waals surface area contributed by atoms with Crippen molar-refractivity contribution in [3.8, 4) is 17.2 Å². The van der Waals surface area contributed by atoms with Crippen molar-refractivity contribution >= 4 is 12.1 Å². The first-order valence-electron chi connectivity index (χ1n) is 7.22. The molecule has 0 bridgehead atoms. The van der Waals surface area contributed by atoms with Crippen molar-refractivity contribution in [3.63, 3.8) is 0 Å². The van der Waals surface area contributed by atoms with Gasteiger partial charge in [-0.05, 0) is 12.5 Å². The fraction of sp³-hybridized carbons (Fsp3) is 0.222. The van der Waals surface area contributed by atoms with Crippen molar-refractivity contribution in [1.29, 1.82) is 0 Å². The number of phenols is 1. The van der Waals surface area contributed by atoms with Gasteiger partial charge in [0, 0.05) is 5.56 Å². The van der Waals surface area contributed by atoms with Gasteiger partial charge in [-0.1, -0.05) is 30.3 Å². The lowest BCUT2D eigenvalue weighted by Crippen LogP contribution is -2.22. The van der Waals surface area contributed by atoms with E-state index in [0.717, 1.165) is 5.56 Å². The molecular weight excluding hydrogens is 296 g/mol. The van der Waals surface area contributed by atoms with Gasteiger partial charge in [0.15, 0.2) is 12.1 Å². The number of methoxy groups -OCH3 is 1. The molecule has 2 aromatic rings. The number of carbonyl (C=O) groups is 2. The van der Waals surface area contributed by atoms with Crippen LogP contribution in [0.3, 0.4) is 0 Å². The molecule has 0 saturated heterocycles. The minimum Gasteiger partial charge on any atom is -0.507 e. The lowest BCUT2D eigenvalue weighted by atomic mass is 9.91. The summed E-state index contributed by atoms with van der Waals surface area (Å²) in [6.45, 7) is 1.60. The molecule has 2 aromatic carbocycles. The van der Waals surface area contributed by atoms with E-state index < -0.39 is 6.10 Å². The van der Waals surface area contributed by atoms with E-state index in [2.05, 4.69) is 0 Å². The number of Topliss-reactive ketones (excluding diaryl/α,β-unsaturated/α-hetero) is 1. The van der Waals surface area contributed by atoms with E-state index in [1.165, 1.54) is 7.11 Å². The van der Waals surface area contributed by atoms with Crippen LogP contribution in [0.15, 0.2) is 30.3 Å². The third-order valence-corrected chi connectivity index (χ3v) is 4.05. The second-order valence-corrected chi connectivity index (χ2v) is 5.39. The van der Waals surface area contributed by atoms with Gasteiger partial charge in [-0.3, -0.25) is 9.59 Å². The van der Waals surface area contributed by atoms with Crippen molar-refractivity contribution in [2.24, 2.45) is 0 Å². The summed E-state index contributed by atoms with van der Waals surface area (Å²) in [5.41, 5.74) is 1.38. The predicted octanol–water partition coefficient (Wildman–Crippen LogP) is 3.23. The zero-order valence-electron chi connectivity index (χ0n) is 12.8. The zero-order chi connectivity index (χ0) is 16.6. The van der Waals surface area contributed by atoms with E-state index in [4.69, 9.17) is 9.47 Å². The summed E-state index contributed by atoms with van der Waals surface area (Å²) in [4.78, 5) is 24.0. The van der Waals surface area contributed by atoms with Crippen molar-refractivity contribution in [2.75, 3.05) is 7.11 Å². The zero-order valence-corrected chi connectivity index (χ0v) is 12.8. The third kappa shape index (κ3) is 2.34. The maximum absolute atomic E-state index is 12.6. The van der Waals surface area contributed by atoms with Crippen LogP contribution in [-0.2, 0) is 0 Å². The van der Waals surface area contributed by atoms with Crippen LogP contribution in [-0.4, -0.2) is 24.3 Å². The molecular formula is C18H16O5. The quantitative estimate of drug-likeness (QED) is 0.881. The standard InChI is InChI=1S/C18H16O5/c1-10-16(21)12(9-19)18-15(17(10)22-2)13(20)8-14(23-18)11-6-4-3-5-7-11/h3-7,9,14,21H,8H2,1-2H3/t14-/m0/s1. The maximum Gasteiger partial charge on any atom is 0.174 e. The molecule has 0 fully saturated rings. The van der Waals surface area contributed by atoms with E-state index in [9.17, 15) is 14.7 Å². The molecule has 1 aliphatic rings. The summed E-state index contributed by atoms with van der Waals surface area (Å²) >= 11 is 0. The number of ketones is 1. The molecule has 0 unspecified atom stereocenters. The van der Waals surface area contributed by atoms with E-state index >= 15 is 0 Å². The largest absolute Gasteiger partial charge is 0.507 e. The minimum atomic E-state index is -0.498. The number of hydrogen-bond donors (Lipinski definition) is 1. The smallest absolute Gasteiger partial charge is 0.174 e. The SMILES string of the molecule is COc1c(C)c(O)c(C=O)c2c1C(=O)C[C@@H](c1ccccc1)O2. The highest BCUT2D eigenvalue weighted by molar-refractivity contribution is 6.06.